The van der Waals surface area contributed by atoms with E-state index in [1.165, 1.54) is 0 Å². The van der Waals surface area contributed by atoms with Crippen LogP contribution in [0.5, 0.6) is 0 Å². The average Bonchev–Trinajstić information content (AvgIpc) is 2.92. The minimum atomic E-state index is -0.494. The summed E-state index contributed by atoms with van der Waals surface area (Å²) in [7, 11) is 0. The first kappa shape index (κ1) is 17.3. The van der Waals surface area contributed by atoms with Gasteiger partial charge in [0.1, 0.15) is 0 Å². The Morgan fingerprint density at radius 1 is 1.27 bits per heavy atom. The van der Waals surface area contributed by atoms with Crippen LogP contribution in [-0.2, 0) is 13.1 Å². The molecule has 26 heavy (non-hydrogen) atoms. The maximum Gasteiger partial charge on any atom is 0.0975 e. The van der Waals surface area contributed by atoms with E-state index in [4.69, 9.17) is 11.6 Å². The van der Waals surface area contributed by atoms with Gasteiger partial charge in [-0.25, -0.2) is 0 Å². The number of benzene rings is 1. The lowest BCUT2D eigenvalue weighted by atomic mass is 10.1. The quantitative estimate of drug-likeness (QED) is 0.749. The summed E-state index contributed by atoms with van der Waals surface area (Å²) >= 11 is 6.31. The zero-order valence-electron chi connectivity index (χ0n) is 15.1. The summed E-state index contributed by atoms with van der Waals surface area (Å²) in [5.74, 6) is 0. The van der Waals surface area contributed by atoms with Crippen molar-refractivity contribution in [3.63, 3.8) is 0 Å². The molecule has 0 fully saturated rings. The van der Waals surface area contributed by atoms with E-state index in [1.54, 1.807) is 0 Å². The predicted molar refractivity (Wildman–Crippen MR) is 105 cm³/mol. The highest BCUT2D eigenvalue weighted by Crippen LogP contribution is 2.32. The molecule has 0 saturated heterocycles. The molecule has 0 spiro atoms. The van der Waals surface area contributed by atoms with Crippen LogP contribution in [0, 0.1) is 6.92 Å². The Morgan fingerprint density at radius 3 is 2.92 bits per heavy atom. The van der Waals surface area contributed by atoms with Crippen LogP contribution in [0.15, 0.2) is 30.5 Å². The van der Waals surface area contributed by atoms with Gasteiger partial charge in [0.15, 0.2) is 0 Å². The van der Waals surface area contributed by atoms with Crippen LogP contribution in [0.25, 0.3) is 10.9 Å². The molecular formula is C20H23ClN4O. The van der Waals surface area contributed by atoms with Gasteiger partial charge in [0.25, 0.3) is 0 Å². The first-order chi connectivity index (χ1) is 12.6. The summed E-state index contributed by atoms with van der Waals surface area (Å²) in [6.45, 7) is 6.58. The fraction of sp³-hybridized carbons (Fsp3) is 0.400. The standard InChI is InChI=1S/C20H23ClN4O/c1-3-19(26)17-11-15-12-24(7-4-8-25(15)23-17)18-5-6-22-20-13(2)9-14(21)10-16(18)20/h5-6,9-11,19,26H,3-4,7-8,12H2,1-2H3/t19-/m0/s1. The lowest BCUT2D eigenvalue weighted by molar-refractivity contribution is 0.168. The zero-order chi connectivity index (χ0) is 18.3. The molecule has 4 rings (SSSR count). The zero-order valence-corrected chi connectivity index (χ0v) is 15.9. The van der Waals surface area contributed by atoms with E-state index in [-0.39, 0.29) is 0 Å². The molecule has 2 aromatic heterocycles. The number of pyridine rings is 1. The van der Waals surface area contributed by atoms with Crippen LogP contribution in [-0.4, -0.2) is 26.4 Å². The highest BCUT2D eigenvalue weighted by Gasteiger charge is 2.21. The van der Waals surface area contributed by atoms with E-state index in [0.29, 0.717) is 6.42 Å². The summed E-state index contributed by atoms with van der Waals surface area (Å²) < 4.78 is 2.04. The molecule has 0 amide bonds. The number of aliphatic hydroxyl groups is 1. The lowest BCUT2D eigenvalue weighted by Crippen LogP contribution is -2.22. The summed E-state index contributed by atoms with van der Waals surface area (Å²) in [5.41, 5.74) is 5.12. The van der Waals surface area contributed by atoms with Gasteiger partial charge in [-0.3, -0.25) is 9.67 Å². The number of anilines is 1. The first-order valence-electron chi connectivity index (χ1n) is 9.11. The number of aliphatic hydroxyl groups excluding tert-OH is 1. The van der Waals surface area contributed by atoms with Crippen molar-refractivity contribution in [1.29, 1.82) is 0 Å². The normalized spacial score (nSPS) is 15.8. The molecule has 1 aliphatic heterocycles. The summed E-state index contributed by atoms with van der Waals surface area (Å²) in [6, 6.07) is 8.05. The van der Waals surface area contributed by atoms with Crippen molar-refractivity contribution >= 4 is 28.2 Å². The molecule has 1 aromatic carbocycles. The third-order valence-corrected chi connectivity index (χ3v) is 5.30. The highest BCUT2D eigenvalue weighted by atomic mass is 35.5. The number of halogens is 1. The first-order valence-corrected chi connectivity index (χ1v) is 9.49. The minimum Gasteiger partial charge on any atom is -0.387 e. The Bertz CT molecular complexity index is 952. The van der Waals surface area contributed by atoms with Gasteiger partial charge in [-0.2, -0.15) is 5.10 Å². The second-order valence-corrected chi connectivity index (χ2v) is 7.37. The minimum absolute atomic E-state index is 0.494. The molecule has 3 aromatic rings. The van der Waals surface area contributed by atoms with Crippen LogP contribution in [0.3, 0.4) is 0 Å². The number of aryl methyl sites for hydroxylation is 2. The molecule has 0 bridgehead atoms. The van der Waals surface area contributed by atoms with Gasteiger partial charge in [0.2, 0.25) is 0 Å². The van der Waals surface area contributed by atoms with Crippen molar-refractivity contribution in [2.45, 2.75) is 45.9 Å². The van der Waals surface area contributed by atoms with Gasteiger partial charge in [0, 0.05) is 35.4 Å². The van der Waals surface area contributed by atoms with Crippen LogP contribution < -0.4 is 4.90 Å². The Morgan fingerprint density at radius 2 is 2.12 bits per heavy atom. The number of nitrogens with zero attached hydrogens (tertiary/aromatic N) is 4. The molecular weight excluding hydrogens is 348 g/mol. The largest absolute Gasteiger partial charge is 0.387 e. The van der Waals surface area contributed by atoms with E-state index >= 15 is 0 Å². The van der Waals surface area contributed by atoms with Gasteiger partial charge in [-0.1, -0.05) is 18.5 Å². The number of rotatable bonds is 3. The Labute approximate surface area is 158 Å². The SMILES string of the molecule is CC[C@H](O)c1cc2n(n1)CCCN(c1ccnc3c(C)cc(Cl)cc13)C2. The van der Waals surface area contributed by atoms with E-state index < -0.39 is 6.10 Å². The fourth-order valence-corrected chi connectivity index (χ4v) is 3.98. The van der Waals surface area contributed by atoms with Crippen molar-refractivity contribution in [2.75, 3.05) is 11.4 Å². The van der Waals surface area contributed by atoms with Gasteiger partial charge in [-0.15, -0.1) is 0 Å². The van der Waals surface area contributed by atoms with Gasteiger partial charge in [0.05, 0.1) is 29.6 Å². The number of fused-ring (bicyclic) bond motifs is 2. The molecule has 0 aliphatic carbocycles. The predicted octanol–water partition coefficient (Wildman–Crippen LogP) is 4.25. The van der Waals surface area contributed by atoms with E-state index in [9.17, 15) is 5.11 Å². The van der Waals surface area contributed by atoms with Crippen molar-refractivity contribution in [3.05, 3.63) is 52.4 Å². The van der Waals surface area contributed by atoms with Crippen LogP contribution in [0.2, 0.25) is 5.02 Å². The molecule has 0 unspecified atom stereocenters. The third-order valence-electron chi connectivity index (χ3n) is 5.08. The summed E-state index contributed by atoms with van der Waals surface area (Å²) in [5, 5.41) is 16.5. The van der Waals surface area contributed by atoms with E-state index in [0.717, 1.165) is 64.6 Å². The summed E-state index contributed by atoms with van der Waals surface area (Å²) in [4.78, 5) is 6.91. The molecule has 0 radical (unpaired) electrons. The van der Waals surface area contributed by atoms with Gasteiger partial charge in [-0.05, 0) is 49.6 Å². The van der Waals surface area contributed by atoms with Crippen LogP contribution in [0.4, 0.5) is 5.69 Å². The van der Waals surface area contributed by atoms with E-state index in [2.05, 4.69) is 21.0 Å². The Balaban J connectivity index is 1.75. The number of hydrogen-bond acceptors (Lipinski definition) is 4. The van der Waals surface area contributed by atoms with E-state index in [1.807, 2.05) is 42.9 Å². The number of aromatic nitrogens is 3. The molecule has 1 atom stereocenters. The van der Waals surface area contributed by atoms with Crippen LogP contribution >= 0.6 is 11.6 Å². The third kappa shape index (κ3) is 3.06. The maximum atomic E-state index is 10.1. The fourth-order valence-electron chi connectivity index (χ4n) is 3.71. The van der Waals surface area contributed by atoms with Gasteiger partial charge >= 0.3 is 0 Å². The van der Waals surface area contributed by atoms with Crippen molar-refractivity contribution in [3.8, 4) is 0 Å². The highest BCUT2D eigenvalue weighted by molar-refractivity contribution is 6.31. The molecule has 1 aliphatic rings. The average molecular weight is 371 g/mol. The lowest BCUT2D eigenvalue weighted by Gasteiger charge is -2.24. The van der Waals surface area contributed by atoms with Crippen LogP contribution in [0.1, 0.15) is 42.8 Å². The van der Waals surface area contributed by atoms with Crippen molar-refractivity contribution < 1.29 is 5.11 Å². The summed E-state index contributed by atoms with van der Waals surface area (Å²) in [6.07, 6.45) is 3.05. The Hall–Kier alpha value is -2.11. The molecule has 6 heteroatoms. The second kappa shape index (κ2) is 6.89. The Kier molecular flexibility index (Phi) is 4.59. The molecule has 1 N–H and O–H groups in total. The maximum absolute atomic E-state index is 10.1. The van der Waals surface area contributed by atoms with Gasteiger partial charge < -0.3 is 10.0 Å². The van der Waals surface area contributed by atoms with Crippen molar-refractivity contribution in [2.24, 2.45) is 0 Å². The smallest absolute Gasteiger partial charge is 0.0975 e. The second-order valence-electron chi connectivity index (χ2n) is 6.93. The molecule has 0 saturated carbocycles. The molecule has 136 valence electrons. The molecule has 5 nitrogen and oxygen atoms in total. The number of hydrogen-bond donors (Lipinski definition) is 1. The topological polar surface area (TPSA) is 54.2 Å². The van der Waals surface area contributed by atoms with Crippen molar-refractivity contribution in [1.82, 2.24) is 14.8 Å². The molecule has 3 heterocycles. The monoisotopic (exact) mass is 370 g/mol.